The highest BCUT2D eigenvalue weighted by Gasteiger charge is 2.07. The third kappa shape index (κ3) is 7.37. The van der Waals surface area contributed by atoms with Crippen LogP contribution in [0.2, 0.25) is 19.6 Å². The van der Waals surface area contributed by atoms with Gasteiger partial charge in [0.1, 0.15) is 0 Å². The van der Waals surface area contributed by atoms with Gasteiger partial charge in [-0.25, -0.2) is 0 Å². The Balaban J connectivity index is 2.56. The van der Waals surface area contributed by atoms with E-state index in [0.717, 1.165) is 0 Å². The third-order valence-corrected chi connectivity index (χ3v) is 4.53. The maximum absolute atomic E-state index is 2.45. The molecule has 0 saturated heterocycles. The largest absolute Gasteiger partial charge is 0.0944 e. The van der Waals surface area contributed by atoms with E-state index >= 15 is 0 Å². The van der Waals surface area contributed by atoms with Gasteiger partial charge in [-0.05, 0) is 24.0 Å². The number of benzene rings is 1. The maximum Gasteiger partial charge on any atom is 0.0687 e. The zero-order valence-corrected chi connectivity index (χ0v) is 14.2. The molecule has 1 rings (SSSR count). The van der Waals surface area contributed by atoms with Gasteiger partial charge < -0.3 is 0 Å². The smallest absolute Gasteiger partial charge is 0.0687 e. The van der Waals surface area contributed by atoms with Gasteiger partial charge in [-0.3, -0.25) is 0 Å². The molecule has 0 heterocycles. The van der Waals surface area contributed by atoms with Crippen LogP contribution < -0.4 is 0 Å². The number of rotatable bonds is 8. The van der Waals surface area contributed by atoms with Crippen LogP contribution >= 0.6 is 0 Å². The van der Waals surface area contributed by atoms with Crippen molar-refractivity contribution >= 4 is 14.1 Å². The second kappa shape index (κ2) is 8.37. The van der Waals surface area contributed by atoms with Gasteiger partial charge in [0, 0.05) is 0 Å². The summed E-state index contributed by atoms with van der Waals surface area (Å²) in [5.74, 6) is 0. The molecule has 0 fully saturated rings. The molecule has 0 spiro atoms. The lowest BCUT2D eigenvalue weighted by atomic mass is 10.0. The lowest BCUT2D eigenvalue weighted by Crippen LogP contribution is -2.15. The fourth-order valence-electron chi connectivity index (χ4n) is 2.18. The van der Waals surface area contributed by atoms with Crippen LogP contribution in [-0.4, -0.2) is 8.07 Å². The van der Waals surface area contributed by atoms with Crippen molar-refractivity contribution in [3.8, 4) is 0 Å². The van der Waals surface area contributed by atoms with Crippen LogP contribution in [0.15, 0.2) is 30.0 Å². The molecule has 1 aromatic carbocycles. The predicted octanol–water partition coefficient (Wildman–Crippen LogP) is 6.09. The van der Waals surface area contributed by atoms with Gasteiger partial charge in [-0.15, -0.1) is 0 Å². The Hall–Kier alpha value is -0.823. The second-order valence-electron chi connectivity index (χ2n) is 6.56. The Morgan fingerprint density at radius 2 is 1.63 bits per heavy atom. The highest BCUT2D eigenvalue weighted by molar-refractivity contribution is 6.81. The van der Waals surface area contributed by atoms with E-state index in [0.29, 0.717) is 0 Å². The number of unbranched alkanes of at least 4 members (excludes halogenated alkanes) is 4. The van der Waals surface area contributed by atoms with Crippen LogP contribution in [0.5, 0.6) is 0 Å². The molecule has 0 atom stereocenters. The van der Waals surface area contributed by atoms with E-state index in [9.17, 15) is 0 Å². The molecule has 0 aliphatic rings. The SMILES string of the molecule is CCCCCCCc1ccccc1/C=C/[Si](C)(C)C. The van der Waals surface area contributed by atoms with E-state index in [1.807, 2.05) is 0 Å². The van der Waals surface area contributed by atoms with Gasteiger partial charge in [0.15, 0.2) is 0 Å². The number of hydrogen-bond donors (Lipinski definition) is 0. The Morgan fingerprint density at radius 1 is 0.947 bits per heavy atom. The maximum atomic E-state index is 2.45. The van der Waals surface area contributed by atoms with E-state index in [-0.39, 0.29) is 0 Å². The molecule has 0 unspecified atom stereocenters. The van der Waals surface area contributed by atoms with Crippen molar-refractivity contribution < 1.29 is 0 Å². The standard InChI is InChI=1S/C18H30Si/c1-5-6-7-8-9-12-17-13-10-11-14-18(17)15-16-19(2,3)4/h10-11,13-16H,5-9,12H2,1-4H3/b16-15+. The molecular formula is C18H30Si. The van der Waals surface area contributed by atoms with Crippen molar-refractivity contribution in [3.05, 3.63) is 41.1 Å². The zero-order chi connectivity index (χ0) is 14.1. The minimum Gasteiger partial charge on any atom is -0.0944 e. The lowest BCUT2D eigenvalue weighted by Gasteiger charge is -2.10. The molecule has 0 bridgehead atoms. The molecule has 1 aromatic rings. The monoisotopic (exact) mass is 274 g/mol. The van der Waals surface area contributed by atoms with Crippen molar-refractivity contribution in [2.45, 2.75) is 65.1 Å². The van der Waals surface area contributed by atoms with Crippen LogP contribution in [-0.2, 0) is 6.42 Å². The zero-order valence-electron chi connectivity index (χ0n) is 13.2. The molecule has 1 heteroatoms. The lowest BCUT2D eigenvalue weighted by molar-refractivity contribution is 0.632. The average molecular weight is 275 g/mol. The number of aryl methyl sites for hydroxylation is 1. The Kier molecular flexibility index (Phi) is 7.15. The molecule has 0 amide bonds. The Morgan fingerprint density at radius 3 is 2.32 bits per heavy atom. The van der Waals surface area contributed by atoms with E-state index in [1.54, 1.807) is 0 Å². The fraction of sp³-hybridized carbons (Fsp3) is 0.556. The Bertz CT molecular complexity index is 385. The first-order valence-electron chi connectivity index (χ1n) is 7.80. The molecule has 19 heavy (non-hydrogen) atoms. The number of hydrogen-bond acceptors (Lipinski definition) is 0. The summed E-state index contributed by atoms with van der Waals surface area (Å²) in [6.45, 7) is 9.43. The van der Waals surface area contributed by atoms with Crippen LogP contribution in [0.1, 0.15) is 50.2 Å². The van der Waals surface area contributed by atoms with E-state index in [4.69, 9.17) is 0 Å². The minimum absolute atomic E-state index is 1.09. The third-order valence-electron chi connectivity index (χ3n) is 3.37. The summed E-state index contributed by atoms with van der Waals surface area (Å²) in [7, 11) is -1.09. The normalized spacial score (nSPS) is 12.2. The molecule has 0 aromatic heterocycles. The van der Waals surface area contributed by atoms with Gasteiger partial charge >= 0.3 is 0 Å². The summed E-state index contributed by atoms with van der Waals surface area (Å²) in [6.07, 6.45) is 10.4. The van der Waals surface area contributed by atoms with Gasteiger partial charge in [0.05, 0.1) is 8.07 Å². The highest BCUT2D eigenvalue weighted by atomic mass is 28.3. The molecule has 0 aliphatic heterocycles. The first-order chi connectivity index (χ1) is 9.03. The molecule has 0 N–H and O–H groups in total. The van der Waals surface area contributed by atoms with Crippen LogP contribution in [0.25, 0.3) is 6.08 Å². The first-order valence-corrected chi connectivity index (χ1v) is 11.4. The Labute approximate surface area is 121 Å². The van der Waals surface area contributed by atoms with Gasteiger partial charge in [0.25, 0.3) is 0 Å². The minimum atomic E-state index is -1.09. The van der Waals surface area contributed by atoms with E-state index < -0.39 is 8.07 Å². The van der Waals surface area contributed by atoms with Crippen LogP contribution in [0.4, 0.5) is 0 Å². The summed E-state index contributed by atoms with van der Waals surface area (Å²) in [5, 5.41) is 0. The molecule has 0 radical (unpaired) electrons. The average Bonchev–Trinajstić information content (AvgIpc) is 2.36. The predicted molar refractivity (Wildman–Crippen MR) is 91.3 cm³/mol. The summed E-state index contributed by atoms with van der Waals surface area (Å²) in [5.41, 5.74) is 5.40. The molecule has 106 valence electrons. The van der Waals surface area contributed by atoms with Crippen molar-refractivity contribution in [2.24, 2.45) is 0 Å². The van der Waals surface area contributed by atoms with Crippen LogP contribution in [0, 0.1) is 0 Å². The van der Waals surface area contributed by atoms with Crippen molar-refractivity contribution in [2.75, 3.05) is 0 Å². The van der Waals surface area contributed by atoms with Crippen molar-refractivity contribution in [1.82, 2.24) is 0 Å². The first kappa shape index (κ1) is 16.2. The van der Waals surface area contributed by atoms with Crippen LogP contribution in [0.3, 0.4) is 0 Å². The quantitative estimate of drug-likeness (QED) is 0.397. The molecule has 0 nitrogen and oxygen atoms in total. The van der Waals surface area contributed by atoms with Crippen molar-refractivity contribution in [3.63, 3.8) is 0 Å². The summed E-state index contributed by atoms with van der Waals surface area (Å²) in [6, 6.07) is 8.89. The van der Waals surface area contributed by atoms with Gasteiger partial charge in [0.2, 0.25) is 0 Å². The van der Waals surface area contributed by atoms with Gasteiger partial charge in [-0.2, -0.15) is 0 Å². The topological polar surface area (TPSA) is 0 Å². The fourth-order valence-corrected chi connectivity index (χ4v) is 2.86. The molecular weight excluding hydrogens is 244 g/mol. The second-order valence-corrected chi connectivity index (χ2v) is 11.6. The van der Waals surface area contributed by atoms with E-state index in [1.165, 1.54) is 49.7 Å². The van der Waals surface area contributed by atoms with Gasteiger partial charge in [-0.1, -0.05) is 88.3 Å². The molecule has 0 aliphatic carbocycles. The summed E-state index contributed by atoms with van der Waals surface area (Å²) >= 11 is 0. The molecule has 0 saturated carbocycles. The van der Waals surface area contributed by atoms with E-state index in [2.05, 4.69) is 62.6 Å². The van der Waals surface area contributed by atoms with Crippen molar-refractivity contribution in [1.29, 1.82) is 0 Å². The summed E-state index contributed by atoms with van der Waals surface area (Å²) < 4.78 is 0. The highest BCUT2D eigenvalue weighted by Crippen LogP contribution is 2.16. The summed E-state index contributed by atoms with van der Waals surface area (Å²) in [4.78, 5) is 0.